The second-order valence-electron chi connectivity index (χ2n) is 7.03. The highest BCUT2D eigenvalue weighted by atomic mass is 16.5. The number of nitrogens with two attached hydrogens (primary N) is 1. The van der Waals surface area contributed by atoms with E-state index in [4.69, 9.17) is 20.0 Å². The van der Waals surface area contributed by atoms with Crippen molar-refractivity contribution in [2.24, 2.45) is 5.73 Å². The Morgan fingerprint density at radius 1 is 1.18 bits per heavy atom. The third-order valence-corrected chi connectivity index (χ3v) is 4.50. The van der Waals surface area contributed by atoms with Gasteiger partial charge in [-0.25, -0.2) is 4.98 Å². The SMILES string of the molecule is Cc1oc(-c2ccccc2)nc1CCOc1ccc(CC(C)(N)C(=O)O)cc1. The topological polar surface area (TPSA) is 98.6 Å². The number of carboxylic acids is 1. The van der Waals surface area contributed by atoms with E-state index in [0.29, 0.717) is 24.7 Å². The molecule has 3 aromatic rings. The van der Waals surface area contributed by atoms with Gasteiger partial charge in [-0.2, -0.15) is 0 Å². The van der Waals surface area contributed by atoms with Crippen molar-refractivity contribution >= 4 is 5.97 Å². The lowest BCUT2D eigenvalue weighted by atomic mass is 9.94. The van der Waals surface area contributed by atoms with Gasteiger partial charge >= 0.3 is 5.97 Å². The van der Waals surface area contributed by atoms with E-state index < -0.39 is 11.5 Å². The van der Waals surface area contributed by atoms with E-state index in [0.717, 1.165) is 22.6 Å². The van der Waals surface area contributed by atoms with Gasteiger partial charge < -0.3 is 20.0 Å². The average Bonchev–Trinajstić information content (AvgIpc) is 3.04. The lowest BCUT2D eigenvalue weighted by Crippen LogP contribution is -2.46. The van der Waals surface area contributed by atoms with E-state index in [-0.39, 0.29) is 6.42 Å². The van der Waals surface area contributed by atoms with E-state index in [9.17, 15) is 4.79 Å². The number of hydrogen-bond acceptors (Lipinski definition) is 5. The molecule has 0 spiro atoms. The largest absolute Gasteiger partial charge is 0.493 e. The van der Waals surface area contributed by atoms with Gasteiger partial charge in [0.25, 0.3) is 0 Å². The normalized spacial score (nSPS) is 13.1. The predicted octanol–water partition coefficient (Wildman–Crippen LogP) is 3.62. The Morgan fingerprint density at radius 2 is 1.86 bits per heavy atom. The van der Waals surface area contributed by atoms with Crippen molar-refractivity contribution in [2.75, 3.05) is 6.61 Å². The molecule has 0 saturated carbocycles. The number of carbonyl (C=O) groups is 1. The van der Waals surface area contributed by atoms with Crippen LogP contribution in [0.25, 0.3) is 11.5 Å². The molecule has 0 bridgehead atoms. The minimum absolute atomic E-state index is 0.253. The lowest BCUT2D eigenvalue weighted by Gasteiger charge is -2.19. The molecule has 1 atom stereocenters. The molecule has 28 heavy (non-hydrogen) atoms. The first-order chi connectivity index (χ1) is 13.3. The smallest absolute Gasteiger partial charge is 0.323 e. The second kappa shape index (κ2) is 8.27. The van der Waals surface area contributed by atoms with E-state index in [1.165, 1.54) is 6.92 Å². The van der Waals surface area contributed by atoms with Gasteiger partial charge in [0.05, 0.1) is 12.3 Å². The van der Waals surface area contributed by atoms with Crippen molar-refractivity contribution in [2.45, 2.75) is 32.2 Å². The maximum atomic E-state index is 11.1. The van der Waals surface area contributed by atoms with Crippen LogP contribution in [0.4, 0.5) is 0 Å². The Bertz CT molecular complexity index is 931. The number of aliphatic carboxylic acids is 1. The molecule has 0 fully saturated rings. The van der Waals surface area contributed by atoms with Gasteiger partial charge in [-0.15, -0.1) is 0 Å². The first kappa shape index (κ1) is 19.6. The van der Waals surface area contributed by atoms with Crippen LogP contribution in [0.5, 0.6) is 5.75 Å². The number of oxazole rings is 1. The summed E-state index contributed by atoms with van der Waals surface area (Å²) in [5, 5.41) is 9.12. The van der Waals surface area contributed by atoms with Gasteiger partial charge in [-0.05, 0) is 43.7 Å². The molecule has 0 aliphatic heterocycles. The van der Waals surface area contributed by atoms with Crippen LogP contribution in [0, 0.1) is 6.92 Å². The zero-order chi connectivity index (χ0) is 20.1. The summed E-state index contributed by atoms with van der Waals surface area (Å²) in [6.07, 6.45) is 0.882. The molecule has 0 amide bonds. The molecular weight excluding hydrogens is 356 g/mol. The van der Waals surface area contributed by atoms with Crippen molar-refractivity contribution in [1.29, 1.82) is 0 Å². The van der Waals surface area contributed by atoms with Gasteiger partial charge in [0, 0.05) is 18.4 Å². The molecule has 2 aromatic carbocycles. The van der Waals surface area contributed by atoms with Crippen molar-refractivity contribution < 1.29 is 19.1 Å². The Hall–Kier alpha value is -3.12. The van der Waals surface area contributed by atoms with Crippen LogP contribution in [0.2, 0.25) is 0 Å². The third-order valence-electron chi connectivity index (χ3n) is 4.50. The number of aryl methyl sites for hydroxylation is 1. The molecule has 0 aliphatic carbocycles. The molecule has 0 aliphatic rings. The monoisotopic (exact) mass is 380 g/mol. The van der Waals surface area contributed by atoms with Gasteiger partial charge in [0.2, 0.25) is 5.89 Å². The fraction of sp³-hybridized carbons (Fsp3) is 0.273. The highest BCUT2D eigenvalue weighted by molar-refractivity contribution is 5.78. The number of nitrogens with zero attached hydrogens (tertiary/aromatic N) is 1. The predicted molar refractivity (Wildman–Crippen MR) is 106 cm³/mol. The van der Waals surface area contributed by atoms with Crippen molar-refractivity contribution in [3.63, 3.8) is 0 Å². The summed E-state index contributed by atoms with van der Waals surface area (Å²) in [7, 11) is 0. The summed E-state index contributed by atoms with van der Waals surface area (Å²) in [5.74, 6) is 1.09. The standard InChI is InChI=1S/C22H24N2O4/c1-15-19(24-20(28-15)17-6-4-3-5-7-17)12-13-27-18-10-8-16(9-11-18)14-22(2,23)21(25)26/h3-11H,12-14,23H2,1-2H3,(H,25,26). The molecule has 1 aromatic heterocycles. The quantitative estimate of drug-likeness (QED) is 0.619. The molecule has 6 nitrogen and oxygen atoms in total. The molecule has 6 heteroatoms. The Balaban J connectivity index is 1.56. The molecule has 0 radical (unpaired) electrons. The molecule has 3 N–H and O–H groups in total. The van der Waals surface area contributed by atoms with Crippen LogP contribution in [0.3, 0.4) is 0 Å². The Labute approximate surface area is 164 Å². The molecule has 3 rings (SSSR count). The van der Waals surface area contributed by atoms with Crippen molar-refractivity contribution in [1.82, 2.24) is 4.98 Å². The van der Waals surface area contributed by atoms with E-state index >= 15 is 0 Å². The van der Waals surface area contributed by atoms with E-state index in [1.807, 2.05) is 61.5 Å². The maximum absolute atomic E-state index is 11.1. The van der Waals surface area contributed by atoms with Crippen LogP contribution in [-0.4, -0.2) is 28.2 Å². The van der Waals surface area contributed by atoms with Gasteiger partial charge in [-0.1, -0.05) is 30.3 Å². The lowest BCUT2D eigenvalue weighted by molar-refractivity contribution is -0.142. The molecule has 0 saturated heterocycles. The maximum Gasteiger partial charge on any atom is 0.323 e. The summed E-state index contributed by atoms with van der Waals surface area (Å²) >= 11 is 0. The first-order valence-corrected chi connectivity index (χ1v) is 9.11. The number of ether oxygens (including phenoxy) is 1. The number of benzene rings is 2. The minimum Gasteiger partial charge on any atom is -0.493 e. The van der Waals surface area contributed by atoms with Gasteiger partial charge in [0.15, 0.2) is 0 Å². The number of rotatable bonds is 8. The zero-order valence-electron chi connectivity index (χ0n) is 16.0. The van der Waals surface area contributed by atoms with Gasteiger partial charge in [0.1, 0.15) is 17.0 Å². The molecular formula is C22H24N2O4. The number of aromatic nitrogens is 1. The highest BCUT2D eigenvalue weighted by Crippen LogP contribution is 2.22. The molecule has 146 valence electrons. The van der Waals surface area contributed by atoms with E-state index in [2.05, 4.69) is 4.98 Å². The highest BCUT2D eigenvalue weighted by Gasteiger charge is 2.27. The number of hydrogen-bond donors (Lipinski definition) is 2. The molecule has 1 unspecified atom stereocenters. The molecule has 1 heterocycles. The third kappa shape index (κ3) is 4.78. The Morgan fingerprint density at radius 3 is 2.50 bits per heavy atom. The van der Waals surface area contributed by atoms with Gasteiger partial charge in [-0.3, -0.25) is 4.79 Å². The van der Waals surface area contributed by atoms with Crippen LogP contribution in [0.15, 0.2) is 59.0 Å². The number of carboxylic acid groups (broad SMARTS) is 1. The van der Waals surface area contributed by atoms with Crippen molar-refractivity contribution in [3.8, 4) is 17.2 Å². The van der Waals surface area contributed by atoms with Crippen molar-refractivity contribution in [3.05, 3.63) is 71.6 Å². The summed E-state index contributed by atoms with van der Waals surface area (Å²) in [6, 6.07) is 17.1. The second-order valence-corrected chi connectivity index (χ2v) is 7.03. The van der Waals surface area contributed by atoms with Crippen LogP contribution < -0.4 is 10.5 Å². The van der Waals surface area contributed by atoms with Crippen LogP contribution in [-0.2, 0) is 17.6 Å². The average molecular weight is 380 g/mol. The summed E-state index contributed by atoms with van der Waals surface area (Å²) in [4.78, 5) is 15.7. The summed E-state index contributed by atoms with van der Waals surface area (Å²) in [5.41, 5.74) is 7.16. The zero-order valence-corrected chi connectivity index (χ0v) is 16.0. The van der Waals surface area contributed by atoms with Crippen LogP contribution in [0.1, 0.15) is 23.9 Å². The van der Waals surface area contributed by atoms with E-state index in [1.54, 1.807) is 0 Å². The summed E-state index contributed by atoms with van der Waals surface area (Å²) < 4.78 is 11.5. The Kier molecular flexibility index (Phi) is 5.80. The van der Waals surface area contributed by atoms with Crippen LogP contribution >= 0.6 is 0 Å². The minimum atomic E-state index is -1.29. The fourth-order valence-corrected chi connectivity index (χ4v) is 2.83. The first-order valence-electron chi connectivity index (χ1n) is 9.11. The summed E-state index contributed by atoms with van der Waals surface area (Å²) in [6.45, 7) is 3.87. The fourth-order valence-electron chi connectivity index (χ4n) is 2.83.